The second-order valence-corrected chi connectivity index (χ2v) is 7.01. The standard InChI is InChI=1S/C20H23ClN2O/c1-23(14-16-8-5-6-11-18(16)21)19(24)22-15-20(12-7-13-20)17-9-3-2-4-10-17/h2-6,8-11H,7,12-15H2,1H3,(H,22,24). The third-order valence-corrected chi connectivity index (χ3v) is 5.36. The first-order chi connectivity index (χ1) is 11.6. The van der Waals surface area contributed by atoms with Gasteiger partial charge in [0.25, 0.3) is 0 Å². The minimum absolute atomic E-state index is 0.0582. The summed E-state index contributed by atoms with van der Waals surface area (Å²) in [6, 6.07) is 18.1. The Balaban J connectivity index is 1.59. The molecule has 1 fully saturated rings. The molecular formula is C20H23ClN2O. The first kappa shape index (κ1) is 16.8. The van der Waals surface area contributed by atoms with Gasteiger partial charge in [-0.1, -0.05) is 66.6 Å². The van der Waals surface area contributed by atoms with Crippen LogP contribution in [0, 0.1) is 0 Å². The Labute approximate surface area is 148 Å². The molecule has 4 heteroatoms. The summed E-state index contributed by atoms with van der Waals surface area (Å²) in [7, 11) is 1.80. The number of nitrogens with one attached hydrogen (secondary N) is 1. The van der Waals surface area contributed by atoms with Crippen molar-refractivity contribution in [3.05, 3.63) is 70.7 Å². The first-order valence-corrected chi connectivity index (χ1v) is 8.76. The minimum atomic E-state index is -0.0582. The molecule has 0 aliphatic heterocycles. The van der Waals surface area contributed by atoms with E-state index in [1.54, 1.807) is 11.9 Å². The molecule has 1 aliphatic rings. The van der Waals surface area contributed by atoms with E-state index in [0.717, 1.165) is 18.4 Å². The molecule has 126 valence electrons. The fourth-order valence-corrected chi connectivity index (χ4v) is 3.49. The molecule has 2 amide bonds. The lowest BCUT2D eigenvalue weighted by atomic mass is 9.64. The van der Waals surface area contributed by atoms with Gasteiger partial charge >= 0.3 is 6.03 Å². The summed E-state index contributed by atoms with van der Waals surface area (Å²) in [6.07, 6.45) is 3.48. The molecule has 1 N–H and O–H groups in total. The van der Waals surface area contributed by atoms with Crippen molar-refractivity contribution in [3.8, 4) is 0 Å². The van der Waals surface area contributed by atoms with Crippen molar-refractivity contribution in [1.82, 2.24) is 10.2 Å². The van der Waals surface area contributed by atoms with E-state index in [4.69, 9.17) is 11.6 Å². The molecule has 0 saturated heterocycles. The first-order valence-electron chi connectivity index (χ1n) is 8.39. The van der Waals surface area contributed by atoms with E-state index in [0.29, 0.717) is 18.1 Å². The molecule has 24 heavy (non-hydrogen) atoms. The second kappa shape index (κ2) is 7.27. The molecule has 0 bridgehead atoms. The van der Waals surface area contributed by atoms with Gasteiger partial charge in [-0.2, -0.15) is 0 Å². The van der Waals surface area contributed by atoms with Crippen LogP contribution in [0.2, 0.25) is 5.02 Å². The molecule has 1 aliphatic carbocycles. The summed E-state index contributed by atoms with van der Waals surface area (Å²) in [6.45, 7) is 1.19. The van der Waals surface area contributed by atoms with Crippen LogP contribution in [0.25, 0.3) is 0 Å². The van der Waals surface area contributed by atoms with Gasteiger partial charge in [0.1, 0.15) is 0 Å². The number of halogens is 1. The molecule has 0 spiro atoms. The highest BCUT2D eigenvalue weighted by molar-refractivity contribution is 6.31. The lowest BCUT2D eigenvalue weighted by molar-refractivity contribution is 0.190. The van der Waals surface area contributed by atoms with Gasteiger partial charge in [-0.05, 0) is 30.0 Å². The SMILES string of the molecule is CN(Cc1ccccc1Cl)C(=O)NCC1(c2ccccc2)CCC1. The van der Waals surface area contributed by atoms with Gasteiger partial charge in [-0.3, -0.25) is 0 Å². The van der Waals surface area contributed by atoms with E-state index in [-0.39, 0.29) is 11.4 Å². The third-order valence-electron chi connectivity index (χ3n) is 4.99. The summed E-state index contributed by atoms with van der Waals surface area (Å²) in [5.41, 5.74) is 2.38. The van der Waals surface area contributed by atoms with E-state index >= 15 is 0 Å². The Morgan fingerprint density at radius 3 is 2.42 bits per heavy atom. The lowest BCUT2D eigenvalue weighted by Gasteiger charge is -2.43. The van der Waals surface area contributed by atoms with Crippen LogP contribution in [0.1, 0.15) is 30.4 Å². The Hall–Kier alpha value is -2.00. The molecule has 1 saturated carbocycles. The van der Waals surface area contributed by atoms with E-state index < -0.39 is 0 Å². The number of carbonyl (C=O) groups excluding carboxylic acids is 1. The maximum atomic E-state index is 12.4. The van der Waals surface area contributed by atoms with Crippen LogP contribution in [0.5, 0.6) is 0 Å². The fraction of sp³-hybridized carbons (Fsp3) is 0.350. The van der Waals surface area contributed by atoms with Gasteiger partial charge in [0.05, 0.1) is 0 Å². The van der Waals surface area contributed by atoms with Crippen molar-refractivity contribution < 1.29 is 4.79 Å². The zero-order valence-corrected chi connectivity index (χ0v) is 14.7. The Kier molecular flexibility index (Phi) is 5.10. The zero-order valence-electron chi connectivity index (χ0n) is 14.0. The van der Waals surface area contributed by atoms with E-state index in [2.05, 4.69) is 29.6 Å². The number of amides is 2. The number of nitrogens with zero attached hydrogens (tertiary/aromatic N) is 1. The Morgan fingerprint density at radius 1 is 1.12 bits per heavy atom. The monoisotopic (exact) mass is 342 g/mol. The summed E-state index contributed by atoms with van der Waals surface area (Å²) < 4.78 is 0. The van der Waals surface area contributed by atoms with Crippen LogP contribution in [0.3, 0.4) is 0 Å². The van der Waals surface area contributed by atoms with Crippen molar-refractivity contribution in [1.29, 1.82) is 0 Å². The molecule has 0 unspecified atom stereocenters. The number of benzene rings is 2. The van der Waals surface area contributed by atoms with Gasteiger partial charge < -0.3 is 10.2 Å². The lowest BCUT2D eigenvalue weighted by Crippen LogP contribution is -2.48. The summed E-state index contributed by atoms with van der Waals surface area (Å²) >= 11 is 6.18. The average molecular weight is 343 g/mol. The second-order valence-electron chi connectivity index (χ2n) is 6.61. The number of carbonyl (C=O) groups is 1. The highest BCUT2D eigenvalue weighted by Gasteiger charge is 2.38. The van der Waals surface area contributed by atoms with Crippen molar-refractivity contribution in [2.45, 2.75) is 31.2 Å². The number of rotatable bonds is 5. The molecule has 2 aromatic rings. The summed E-state index contributed by atoms with van der Waals surface area (Å²) in [5.74, 6) is 0. The van der Waals surface area contributed by atoms with E-state index in [1.807, 2.05) is 30.3 Å². The molecule has 0 heterocycles. The highest BCUT2D eigenvalue weighted by Crippen LogP contribution is 2.43. The van der Waals surface area contributed by atoms with Crippen LogP contribution in [0.4, 0.5) is 4.79 Å². The van der Waals surface area contributed by atoms with Gasteiger partial charge in [0, 0.05) is 30.6 Å². The maximum absolute atomic E-state index is 12.4. The number of urea groups is 1. The predicted molar refractivity (Wildman–Crippen MR) is 98.3 cm³/mol. The predicted octanol–water partition coefficient (Wildman–Crippen LogP) is 4.60. The molecular weight excluding hydrogens is 320 g/mol. The van der Waals surface area contributed by atoms with Gasteiger partial charge in [-0.25, -0.2) is 4.79 Å². The number of hydrogen-bond donors (Lipinski definition) is 1. The molecule has 0 aromatic heterocycles. The van der Waals surface area contributed by atoms with Crippen molar-refractivity contribution in [2.24, 2.45) is 0 Å². The molecule has 3 nitrogen and oxygen atoms in total. The Bertz CT molecular complexity index is 698. The number of hydrogen-bond acceptors (Lipinski definition) is 1. The summed E-state index contributed by atoms with van der Waals surface area (Å²) in [4.78, 5) is 14.1. The van der Waals surface area contributed by atoms with Gasteiger partial charge in [0.15, 0.2) is 0 Å². The normalized spacial score (nSPS) is 15.4. The van der Waals surface area contributed by atoms with Crippen LogP contribution < -0.4 is 5.32 Å². The van der Waals surface area contributed by atoms with E-state index in [9.17, 15) is 4.79 Å². The molecule has 0 radical (unpaired) electrons. The molecule has 0 atom stereocenters. The van der Waals surface area contributed by atoms with Crippen molar-refractivity contribution in [3.63, 3.8) is 0 Å². The Morgan fingerprint density at radius 2 is 1.79 bits per heavy atom. The van der Waals surface area contributed by atoms with Crippen molar-refractivity contribution in [2.75, 3.05) is 13.6 Å². The fourth-order valence-electron chi connectivity index (χ4n) is 3.30. The molecule has 2 aromatic carbocycles. The largest absolute Gasteiger partial charge is 0.337 e. The van der Waals surface area contributed by atoms with Crippen LogP contribution in [-0.2, 0) is 12.0 Å². The average Bonchev–Trinajstić information content (AvgIpc) is 2.56. The van der Waals surface area contributed by atoms with Crippen LogP contribution in [-0.4, -0.2) is 24.5 Å². The van der Waals surface area contributed by atoms with Crippen LogP contribution >= 0.6 is 11.6 Å². The zero-order chi connectivity index (χ0) is 17.0. The smallest absolute Gasteiger partial charge is 0.317 e. The highest BCUT2D eigenvalue weighted by atomic mass is 35.5. The maximum Gasteiger partial charge on any atom is 0.317 e. The van der Waals surface area contributed by atoms with E-state index in [1.165, 1.54) is 12.0 Å². The molecule has 3 rings (SSSR count). The topological polar surface area (TPSA) is 32.3 Å². The van der Waals surface area contributed by atoms with Gasteiger partial charge in [0.2, 0.25) is 0 Å². The van der Waals surface area contributed by atoms with Crippen molar-refractivity contribution >= 4 is 17.6 Å². The van der Waals surface area contributed by atoms with Crippen LogP contribution in [0.15, 0.2) is 54.6 Å². The third kappa shape index (κ3) is 3.57. The van der Waals surface area contributed by atoms with Gasteiger partial charge in [-0.15, -0.1) is 0 Å². The summed E-state index contributed by atoms with van der Waals surface area (Å²) in [5, 5.41) is 3.80. The quantitative estimate of drug-likeness (QED) is 0.846. The minimum Gasteiger partial charge on any atom is -0.337 e.